The van der Waals surface area contributed by atoms with Crippen LogP contribution in [0.15, 0.2) is 66.1 Å². The summed E-state index contributed by atoms with van der Waals surface area (Å²) in [6, 6.07) is 14.9. The second-order valence-electron chi connectivity index (χ2n) is 7.20. The normalized spacial score (nSPS) is 18.6. The molecule has 2 aromatic rings. The lowest BCUT2D eigenvalue weighted by Gasteiger charge is -2.47. The first kappa shape index (κ1) is 24.6. The molecule has 2 heterocycles. The quantitative estimate of drug-likeness (QED) is 0.316. The topological polar surface area (TPSA) is 159 Å². The lowest BCUT2D eigenvalue weighted by atomic mass is 10.1. The van der Waals surface area contributed by atoms with Crippen molar-refractivity contribution in [3.05, 3.63) is 81.7 Å². The maximum absolute atomic E-state index is 12.0. The number of hydrogen-bond acceptors (Lipinski definition) is 8. The van der Waals surface area contributed by atoms with Gasteiger partial charge in [-0.05, 0) is 17.7 Å². The lowest BCUT2D eigenvalue weighted by Crippen LogP contribution is -2.67. The number of aliphatic carboxylic acids is 1. The van der Waals surface area contributed by atoms with Crippen molar-refractivity contribution in [1.29, 1.82) is 0 Å². The smallest absolute Gasteiger partial charge is 0.356 e. The summed E-state index contributed by atoms with van der Waals surface area (Å²) < 4.78 is 5.59. The number of carboxylic acids is 1. The van der Waals surface area contributed by atoms with Crippen LogP contribution in [0, 0.1) is 10.1 Å². The van der Waals surface area contributed by atoms with Crippen LogP contribution in [0.25, 0.3) is 0 Å². The van der Waals surface area contributed by atoms with E-state index in [0.717, 1.165) is 10.5 Å². The molecule has 4 rings (SSSR count). The summed E-state index contributed by atoms with van der Waals surface area (Å²) in [6.45, 7) is 1.82. The summed E-state index contributed by atoms with van der Waals surface area (Å²) in [6.07, 6.45) is -0.718. The Kier molecular flexibility index (Phi) is 7.74. The highest BCUT2D eigenvalue weighted by atomic mass is 32.2. The van der Waals surface area contributed by atoms with E-state index in [4.69, 9.17) is 9.84 Å². The van der Waals surface area contributed by atoms with Crippen LogP contribution in [0.1, 0.15) is 12.5 Å². The van der Waals surface area contributed by atoms with E-state index in [0.29, 0.717) is 12.3 Å². The number of fused-ring (bicyclic) bond motifs is 1. The standard InChI is InChI=1S/C13H11NO5S.C9H10N2O3/c15-8-6-20-12-10(19-7-4-2-1-3-5-7)11(16)14(12)9(8)13(17)18;1-7(12)10-6-8-2-4-9(5-3-8)11(13)14/h1-5,10,12,15H,6H2,(H,17,18);2-5H,6H2,1H3,(H,10,12)/t10?,12-;/m0./s1. The van der Waals surface area contributed by atoms with Crippen molar-refractivity contribution in [3.63, 3.8) is 0 Å². The Morgan fingerprint density at radius 2 is 1.85 bits per heavy atom. The fraction of sp³-hybridized carbons (Fsp3) is 0.227. The molecule has 11 nitrogen and oxygen atoms in total. The molecule has 2 aliphatic rings. The van der Waals surface area contributed by atoms with Gasteiger partial charge in [-0.25, -0.2) is 4.79 Å². The number of carbonyl (C=O) groups excluding carboxylic acids is 2. The van der Waals surface area contributed by atoms with E-state index < -0.39 is 28.3 Å². The van der Waals surface area contributed by atoms with Crippen LogP contribution in [0.2, 0.25) is 0 Å². The number of β-lactam (4-membered cyclic amide) rings is 1. The number of hydrogen-bond donors (Lipinski definition) is 3. The van der Waals surface area contributed by atoms with E-state index in [1.807, 2.05) is 6.07 Å². The molecule has 178 valence electrons. The Morgan fingerprint density at radius 1 is 1.21 bits per heavy atom. The van der Waals surface area contributed by atoms with Crippen LogP contribution < -0.4 is 10.1 Å². The highest BCUT2D eigenvalue weighted by Gasteiger charge is 2.55. The predicted octanol–water partition coefficient (Wildman–Crippen LogP) is 2.43. The maximum Gasteiger partial charge on any atom is 0.356 e. The van der Waals surface area contributed by atoms with Crippen LogP contribution in [0.5, 0.6) is 5.75 Å². The molecule has 0 spiro atoms. The van der Waals surface area contributed by atoms with Crippen molar-refractivity contribution in [3.8, 4) is 5.75 Å². The molecule has 1 saturated heterocycles. The van der Waals surface area contributed by atoms with Gasteiger partial charge in [0.25, 0.3) is 11.6 Å². The minimum Gasteiger partial charge on any atom is -0.509 e. The number of amides is 2. The van der Waals surface area contributed by atoms with E-state index in [2.05, 4.69) is 5.32 Å². The largest absolute Gasteiger partial charge is 0.509 e. The zero-order chi connectivity index (χ0) is 24.8. The van der Waals surface area contributed by atoms with Gasteiger partial charge < -0.3 is 20.3 Å². The fourth-order valence-corrected chi connectivity index (χ4v) is 4.32. The average molecular weight is 487 g/mol. The van der Waals surface area contributed by atoms with Gasteiger partial charge in [-0.2, -0.15) is 0 Å². The fourth-order valence-electron chi connectivity index (χ4n) is 3.15. The Bertz CT molecular complexity index is 1120. The SMILES string of the molecule is CC(=O)NCc1ccc([N+](=O)[O-])cc1.O=C(O)C1=C(O)CS[C@H]2C(Oc3ccccc3)C(=O)N12. The van der Waals surface area contributed by atoms with Gasteiger partial charge in [0, 0.05) is 25.6 Å². The summed E-state index contributed by atoms with van der Waals surface area (Å²) in [5.41, 5.74) is 0.550. The van der Waals surface area contributed by atoms with E-state index >= 15 is 0 Å². The molecule has 0 saturated carbocycles. The number of carbonyl (C=O) groups is 3. The van der Waals surface area contributed by atoms with Crippen LogP contribution in [-0.4, -0.2) is 55.1 Å². The van der Waals surface area contributed by atoms with E-state index in [1.165, 1.54) is 30.8 Å². The number of nitro benzene ring substituents is 1. The van der Waals surface area contributed by atoms with Crippen molar-refractivity contribution in [2.75, 3.05) is 5.75 Å². The molecule has 0 bridgehead atoms. The molecule has 1 unspecified atom stereocenters. The molecule has 12 heteroatoms. The van der Waals surface area contributed by atoms with Crippen molar-refractivity contribution < 1.29 is 34.3 Å². The monoisotopic (exact) mass is 487 g/mol. The molecule has 2 amide bonds. The Morgan fingerprint density at radius 3 is 2.41 bits per heavy atom. The molecular weight excluding hydrogens is 466 g/mol. The molecule has 3 N–H and O–H groups in total. The number of nitro groups is 1. The van der Waals surface area contributed by atoms with Crippen molar-refractivity contribution >= 4 is 35.2 Å². The maximum atomic E-state index is 12.0. The number of para-hydroxylation sites is 1. The van der Waals surface area contributed by atoms with Gasteiger partial charge in [-0.1, -0.05) is 30.3 Å². The molecule has 0 aromatic heterocycles. The van der Waals surface area contributed by atoms with Gasteiger partial charge in [0.05, 0.1) is 10.7 Å². The molecule has 0 aliphatic carbocycles. The zero-order valence-electron chi connectivity index (χ0n) is 17.9. The van der Waals surface area contributed by atoms with E-state index in [9.17, 15) is 29.6 Å². The summed E-state index contributed by atoms with van der Waals surface area (Å²) in [5, 5.41) is 31.2. The van der Waals surface area contributed by atoms with E-state index in [1.54, 1.807) is 36.4 Å². The number of benzene rings is 2. The summed E-state index contributed by atoms with van der Waals surface area (Å²) in [7, 11) is 0. The minimum absolute atomic E-state index is 0.0524. The van der Waals surface area contributed by atoms with Gasteiger partial charge >= 0.3 is 5.97 Å². The van der Waals surface area contributed by atoms with Gasteiger partial charge in [0.1, 0.15) is 16.9 Å². The number of carboxylic acid groups (broad SMARTS) is 1. The Hall–Kier alpha value is -4.06. The van der Waals surface area contributed by atoms with Crippen molar-refractivity contribution in [2.45, 2.75) is 24.9 Å². The van der Waals surface area contributed by atoms with E-state index in [-0.39, 0.29) is 28.8 Å². The molecule has 0 radical (unpaired) electrons. The first-order chi connectivity index (χ1) is 16.2. The van der Waals surface area contributed by atoms with Crippen molar-refractivity contribution in [1.82, 2.24) is 10.2 Å². The third-order valence-electron chi connectivity index (χ3n) is 4.80. The summed E-state index contributed by atoms with van der Waals surface area (Å²) in [4.78, 5) is 44.7. The number of rotatable bonds is 6. The molecule has 2 atom stereocenters. The highest BCUT2D eigenvalue weighted by molar-refractivity contribution is 8.00. The van der Waals surface area contributed by atoms with Gasteiger partial charge in [-0.3, -0.25) is 24.6 Å². The first-order valence-electron chi connectivity index (χ1n) is 9.98. The zero-order valence-corrected chi connectivity index (χ0v) is 18.7. The van der Waals surface area contributed by atoms with Crippen LogP contribution in [-0.2, 0) is 20.9 Å². The number of nitrogens with one attached hydrogen (secondary N) is 1. The number of thioether (sulfide) groups is 1. The second kappa shape index (κ2) is 10.7. The summed E-state index contributed by atoms with van der Waals surface area (Å²) >= 11 is 1.28. The highest BCUT2D eigenvalue weighted by Crippen LogP contribution is 2.41. The lowest BCUT2D eigenvalue weighted by molar-refractivity contribution is -0.384. The second-order valence-corrected chi connectivity index (χ2v) is 8.30. The number of ether oxygens (including phenoxy) is 1. The molecule has 2 aliphatic heterocycles. The summed E-state index contributed by atoms with van der Waals surface area (Å²) in [5.74, 6) is -1.45. The third kappa shape index (κ3) is 5.64. The van der Waals surface area contributed by atoms with Crippen LogP contribution in [0.4, 0.5) is 5.69 Å². The first-order valence-corrected chi connectivity index (χ1v) is 11.0. The predicted molar refractivity (Wildman–Crippen MR) is 122 cm³/mol. The Labute approximate surface area is 198 Å². The molecular formula is C22H21N3O8S. The van der Waals surface area contributed by atoms with Crippen LogP contribution >= 0.6 is 11.8 Å². The number of aliphatic hydroxyl groups is 1. The Balaban J connectivity index is 0.000000204. The van der Waals surface area contributed by atoms with Gasteiger partial charge in [-0.15, -0.1) is 11.8 Å². The van der Waals surface area contributed by atoms with Crippen molar-refractivity contribution in [2.24, 2.45) is 0 Å². The average Bonchev–Trinajstić information content (AvgIpc) is 2.82. The molecule has 1 fully saturated rings. The number of aliphatic hydroxyl groups excluding tert-OH is 1. The molecule has 2 aromatic carbocycles. The third-order valence-corrected chi connectivity index (χ3v) is 6.04. The number of nitrogens with zero attached hydrogens (tertiary/aromatic N) is 2. The van der Waals surface area contributed by atoms with Gasteiger partial charge in [0.15, 0.2) is 5.70 Å². The molecule has 34 heavy (non-hydrogen) atoms. The minimum atomic E-state index is -1.31. The van der Waals surface area contributed by atoms with Gasteiger partial charge in [0.2, 0.25) is 12.0 Å². The number of non-ortho nitro benzene ring substituents is 1. The van der Waals surface area contributed by atoms with Crippen LogP contribution in [0.3, 0.4) is 0 Å².